The molecular weight excluding hydrogens is 400 g/mol. The van der Waals surface area contributed by atoms with Crippen LogP contribution in [0, 0.1) is 20.8 Å². The molecule has 0 saturated carbocycles. The Bertz CT molecular complexity index is 1080. The lowest BCUT2D eigenvalue weighted by atomic mass is 9.93. The highest BCUT2D eigenvalue weighted by Crippen LogP contribution is 2.36. The second kappa shape index (κ2) is 9.98. The van der Waals surface area contributed by atoms with Gasteiger partial charge >= 0.3 is 0 Å². The first kappa shape index (κ1) is 22.1. The zero-order valence-electron chi connectivity index (χ0n) is 19.2. The van der Waals surface area contributed by atoms with Crippen LogP contribution in [0.25, 0.3) is 11.1 Å². The molecule has 1 aromatic carbocycles. The van der Waals surface area contributed by atoms with Crippen LogP contribution in [0.5, 0.6) is 5.75 Å². The van der Waals surface area contributed by atoms with E-state index in [0.717, 1.165) is 59.5 Å². The number of rotatable bonds is 7. The van der Waals surface area contributed by atoms with Crippen LogP contribution in [0.2, 0.25) is 0 Å². The maximum absolute atomic E-state index is 13.2. The van der Waals surface area contributed by atoms with Gasteiger partial charge in [-0.2, -0.15) is 5.10 Å². The van der Waals surface area contributed by atoms with E-state index in [2.05, 4.69) is 48.1 Å². The molecule has 1 unspecified atom stereocenters. The van der Waals surface area contributed by atoms with Crippen molar-refractivity contribution < 1.29 is 9.53 Å². The predicted molar refractivity (Wildman–Crippen MR) is 126 cm³/mol. The summed E-state index contributed by atoms with van der Waals surface area (Å²) in [4.78, 5) is 19.4. The number of nitrogens with one attached hydrogen (secondary N) is 1. The number of benzene rings is 1. The number of piperidine rings is 1. The van der Waals surface area contributed by atoms with Crippen LogP contribution < -0.4 is 4.74 Å². The molecule has 0 aliphatic carbocycles. The van der Waals surface area contributed by atoms with Gasteiger partial charge < -0.3 is 9.64 Å². The summed E-state index contributed by atoms with van der Waals surface area (Å²) in [6.07, 6.45) is 9.83. The van der Waals surface area contributed by atoms with Crippen molar-refractivity contribution in [2.75, 3.05) is 13.2 Å². The maximum atomic E-state index is 13.2. The van der Waals surface area contributed by atoms with E-state index in [1.807, 2.05) is 29.4 Å². The molecule has 0 spiro atoms. The summed E-state index contributed by atoms with van der Waals surface area (Å²) < 4.78 is 5.93. The zero-order chi connectivity index (χ0) is 22.5. The number of hydrogen-bond donors (Lipinski definition) is 1. The predicted octanol–water partition coefficient (Wildman–Crippen LogP) is 5.31. The van der Waals surface area contributed by atoms with E-state index in [9.17, 15) is 4.79 Å². The smallest absolute Gasteiger partial charge is 0.223 e. The third kappa shape index (κ3) is 4.85. The van der Waals surface area contributed by atoms with Crippen molar-refractivity contribution in [3.05, 3.63) is 65.2 Å². The number of amides is 1. The average molecular weight is 433 g/mol. The molecule has 6 heteroatoms. The van der Waals surface area contributed by atoms with Crippen molar-refractivity contribution in [1.29, 1.82) is 0 Å². The molecular formula is C26H32N4O2. The van der Waals surface area contributed by atoms with Crippen molar-refractivity contribution in [3.8, 4) is 16.9 Å². The van der Waals surface area contributed by atoms with Gasteiger partial charge in [0.05, 0.1) is 24.5 Å². The number of aromatic nitrogens is 3. The Balaban J connectivity index is 1.41. The Labute approximate surface area is 190 Å². The molecule has 3 aromatic rings. The molecule has 1 saturated heterocycles. The minimum atomic E-state index is 0.0292. The van der Waals surface area contributed by atoms with E-state index < -0.39 is 0 Å². The Kier molecular flexibility index (Phi) is 6.88. The summed E-state index contributed by atoms with van der Waals surface area (Å²) >= 11 is 0. The minimum absolute atomic E-state index is 0.0292. The van der Waals surface area contributed by atoms with Crippen LogP contribution in [-0.4, -0.2) is 39.1 Å². The molecule has 3 heterocycles. The molecule has 1 aliphatic heterocycles. The maximum Gasteiger partial charge on any atom is 0.223 e. The van der Waals surface area contributed by atoms with E-state index in [0.29, 0.717) is 19.4 Å². The first-order chi connectivity index (χ1) is 15.5. The molecule has 1 N–H and O–H groups in total. The van der Waals surface area contributed by atoms with Crippen LogP contribution in [0.4, 0.5) is 0 Å². The van der Waals surface area contributed by atoms with E-state index in [1.165, 1.54) is 5.56 Å². The monoisotopic (exact) mass is 432 g/mol. The minimum Gasteiger partial charge on any atom is -0.493 e. The van der Waals surface area contributed by atoms with Gasteiger partial charge in [0.2, 0.25) is 5.91 Å². The molecule has 0 radical (unpaired) electrons. The third-order valence-electron chi connectivity index (χ3n) is 6.26. The number of likely N-dealkylation sites (tertiary alicyclic amines) is 1. The fourth-order valence-corrected chi connectivity index (χ4v) is 4.58. The van der Waals surface area contributed by atoms with Crippen molar-refractivity contribution >= 4 is 5.91 Å². The number of pyridine rings is 1. The normalized spacial score (nSPS) is 16.2. The Morgan fingerprint density at radius 2 is 2.00 bits per heavy atom. The largest absolute Gasteiger partial charge is 0.493 e. The molecule has 1 aliphatic rings. The number of nitrogens with zero attached hydrogens (tertiary/aromatic N) is 3. The van der Waals surface area contributed by atoms with Crippen molar-refractivity contribution in [2.45, 2.75) is 58.9 Å². The Morgan fingerprint density at radius 3 is 2.81 bits per heavy atom. The molecule has 1 amide bonds. The topological polar surface area (TPSA) is 71.1 Å². The van der Waals surface area contributed by atoms with Crippen molar-refractivity contribution in [3.63, 3.8) is 0 Å². The number of carbonyl (C=O) groups is 1. The van der Waals surface area contributed by atoms with E-state index in [1.54, 1.807) is 6.20 Å². The van der Waals surface area contributed by atoms with Gasteiger partial charge in [-0.05, 0) is 75.3 Å². The van der Waals surface area contributed by atoms with Gasteiger partial charge in [0.1, 0.15) is 5.75 Å². The lowest BCUT2D eigenvalue weighted by Gasteiger charge is -2.36. The Hall–Kier alpha value is -3.15. The number of aromatic amines is 1. The summed E-state index contributed by atoms with van der Waals surface area (Å²) in [5, 5.41) is 7.53. The van der Waals surface area contributed by atoms with Gasteiger partial charge in [-0.3, -0.25) is 14.9 Å². The quantitative estimate of drug-likeness (QED) is 0.514. The average Bonchev–Trinajstić information content (AvgIpc) is 3.27. The molecule has 2 aromatic heterocycles. The summed E-state index contributed by atoms with van der Waals surface area (Å²) in [5.74, 6) is 1.08. The molecule has 32 heavy (non-hydrogen) atoms. The van der Waals surface area contributed by atoms with Gasteiger partial charge in [0, 0.05) is 30.9 Å². The molecule has 168 valence electrons. The highest BCUT2D eigenvalue weighted by atomic mass is 16.5. The lowest BCUT2D eigenvalue weighted by molar-refractivity contribution is -0.135. The fraction of sp³-hybridized carbons (Fsp3) is 0.423. The van der Waals surface area contributed by atoms with Crippen LogP contribution in [0.15, 0.2) is 42.9 Å². The van der Waals surface area contributed by atoms with Gasteiger partial charge in [0.15, 0.2) is 0 Å². The van der Waals surface area contributed by atoms with E-state index >= 15 is 0 Å². The third-order valence-corrected chi connectivity index (χ3v) is 6.26. The number of aryl methyl sites for hydroxylation is 3. The molecule has 6 nitrogen and oxygen atoms in total. The number of ether oxygens (including phenoxy) is 1. The summed E-state index contributed by atoms with van der Waals surface area (Å²) in [6.45, 7) is 7.51. The molecule has 0 bridgehead atoms. The van der Waals surface area contributed by atoms with Crippen LogP contribution in [0.3, 0.4) is 0 Å². The lowest BCUT2D eigenvalue weighted by Crippen LogP contribution is -2.39. The first-order valence-electron chi connectivity index (χ1n) is 11.5. The summed E-state index contributed by atoms with van der Waals surface area (Å²) in [5.41, 5.74) is 6.66. The number of hydrogen-bond acceptors (Lipinski definition) is 4. The first-order valence-corrected chi connectivity index (χ1v) is 11.5. The van der Waals surface area contributed by atoms with Crippen LogP contribution in [-0.2, 0) is 4.79 Å². The molecule has 4 rings (SSSR count). The standard InChI is InChI=1S/C26H32N4O2/c1-18-9-10-24(19(2)15-18)32-14-6-8-25(31)30-13-5-4-7-23(30)26-22(17-28-29-26)21-11-12-27-16-20(21)3/h9-12,15-17,23H,4-8,13-14H2,1-3H3,(H,28,29). The van der Waals surface area contributed by atoms with Gasteiger partial charge in [-0.25, -0.2) is 0 Å². The molecule has 1 fully saturated rings. The zero-order valence-corrected chi connectivity index (χ0v) is 19.2. The Morgan fingerprint density at radius 1 is 1.12 bits per heavy atom. The number of H-pyrrole nitrogens is 1. The van der Waals surface area contributed by atoms with E-state index in [-0.39, 0.29) is 11.9 Å². The highest BCUT2D eigenvalue weighted by molar-refractivity contribution is 5.77. The van der Waals surface area contributed by atoms with E-state index in [4.69, 9.17) is 4.74 Å². The number of carbonyl (C=O) groups excluding carboxylic acids is 1. The SMILES string of the molecule is Cc1ccc(OCCCC(=O)N2CCCCC2c2[nH]ncc2-c2ccncc2C)c(C)c1. The molecule has 1 atom stereocenters. The van der Waals surface area contributed by atoms with Crippen LogP contribution in [0.1, 0.15) is 60.5 Å². The fourth-order valence-electron chi connectivity index (χ4n) is 4.58. The van der Waals surface area contributed by atoms with Crippen molar-refractivity contribution in [2.24, 2.45) is 0 Å². The second-order valence-electron chi connectivity index (χ2n) is 8.71. The van der Waals surface area contributed by atoms with Gasteiger partial charge in [-0.15, -0.1) is 0 Å². The van der Waals surface area contributed by atoms with Gasteiger partial charge in [-0.1, -0.05) is 17.7 Å². The highest BCUT2D eigenvalue weighted by Gasteiger charge is 2.31. The summed E-state index contributed by atoms with van der Waals surface area (Å²) in [7, 11) is 0. The second-order valence-corrected chi connectivity index (χ2v) is 8.71. The van der Waals surface area contributed by atoms with Gasteiger partial charge in [0.25, 0.3) is 0 Å². The summed E-state index contributed by atoms with van der Waals surface area (Å²) in [6, 6.07) is 8.22. The van der Waals surface area contributed by atoms with Crippen molar-refractivity contribution in [1.82, 2.24) is 20.1 Å². The van der Waals surface area contributed by atoms with Crippen LogP contribution >= 0.6 is 0 Å².